The van der Waals surface area contributed by atoms with Crippen molar-refractivity contribution in [3.8, 4) is 5.69 Å². The van der Waals surface area contributed by atoms with Gasteiger partial charge in [0.1, 0.15) is 5.82 Å². The summed E-state index contributed by atoms with van der Waals surface area (Å²) < 4.78 is 41.0. The van der Waals surface area contributed by atoms with E-state index in [1.54, 1.807) is 35.9 Å². The second kappa shape index (κ2) is 6.75. The zero-order chi connectivity index (χ0) is 19.1. The highest BCUT2D eigenvalue weighted by Gasteiger charge is 2.31. The number of nitrogens with zero attached hydrogens (tertiary/aromatic N) is 4. The van der Waals surface area contributed by atoms with Crippen LogP contribution >= 0.6 is 11.6 Å². The number of alkyl halides is 3. The van der Waals surface area contributed by atoms with Gasteiger partial charge in [-0.3, -0.25) is 9.36 Å². The average molecular weight is 385 g/mol. The van der Waals surface area contributed by atoms with E-state index < -0.39 is 24.1 Å². The largest absolute Gasteiger partial charge is 0.389 e. The minimum Gasteiger partial charge on any atom is -0.318 e. The van der Waals surface area contributed by atoms with E-state index in [9.17, 15) is 18.0 Å². The van der Waals surface area contributed by atoms with Crippen LogP contribution in [0.25, 0.3) is 16.9 Å². The Kier molecular flexibility index (Phi) is 4.79. The first-order valence-electron chi connectivity index (χ1n) is 7.91. The van der Waals surface area contributed by atoms with Crippen LogP contribution < -0.4 is 5.56 Å². The maximum absolute atomic E-state index is 12.9. The first kappa shape index (κ1) is 18.4. The van der Waals surface area contributed by atoms with Gasteiger partial charge >= 0.3 is 6.18 Å². The summed E-state index contributed by atoms with van der Waals surface area (Å²) in [5.41, 5.74) is 0.560. The molecule has 0 N–H and O–H groups in total. The Hall–Kier alpha value is -2.35. The monoisotopic (exact) mass is 384 g/mol. The molecule has 0 saturated carbocycles. The van der Waals surface area contributed by atoms with Crippen LogP contribution in [-0.2, 0) is 13.5 Å². The fourth-order valence-corrected chi connectivity index (χ4v) is 3.00. The van der Waals surface area contributed by atoms with E-state index in [2.05, 4.69) is 9.97 Å². The van der Waals surface area contributed by atoms with Crippen LogP contribution in [0.15, 0.2) is 35.4 Å². The van der Waals surface area contributed by atoms with Crippen molar-refractivity contribution in [2.45, 2.75) is 25.9 Å². The summed E-state index contributed by atoms with van der Waals surface area (Å²) in [6.45, 7) is 1.49. The summed E-state index contributed by atoms with van der Waals surface area (Å²) >= 11 is 5.89. The van der Waals surface area contributed by atoms with Gasteiger partial charge in [0.2, 0.25) is 0 Å². The number of aromatic nitrogens is 4. The number of hydrogen-bond donors (Lipinski definition) is 0. The first-order chi connectivity index (χ1) is 12.2. The lowest BCUT2D eigenvalue weighted by atomic mass is 10.0. The molecule has 1 aromatic carbocycles. The average Bonchev–Trinajstić information content (AvgIpc) is 2.89. The number of halogens is 4. The summed E-state index contributed by atoms with van der Waals surface area (Å²) in [6.07, 6.45) is -3.78. The predicted molar refractivity (Wildman–Crippen MR) is 92.7 cm³/mol. The zero-order valence-electron chi connectivity index (χ0n) is 14.1. The van der Waals surface area contributed by atoms with E-state index in [4.69, 9.17) is 11.6 Å². The predicted octanol–water partition coefficient (Wildman–Crippen LogP) is 3.90. The number of rotatable bonds is 4. The normalized spacial score (nSPS) is 13.3. The molecule has 26 heavy (non-hydrogen) atoms. The van der Waals surface area contributed by atoms with Crippen molar-refractivity contribution in [1.82, 2.24) is 19.1 Å². The Morgan fingerprint density at radius 2 is 1.88 bits per heavy atom. The molecule has 0 fully saturated rings. The minimum atomic E-state index is -4.28. The van der Waals surface area contributed by atoms with Crippen LogP contribution in [0.3, 0.4) is 0 Å². The molecule has 2 heterocycles. The Morgan fingerprint density at radius 3 is 2.50 bits per heavy atom. The second-order valence-corrected chi connectivity index (χ2v) is 6.74. The van der Waals surface area contributed by atoms with Crippen LogP contribution in [0.1, 0.15) is 19.2 Å². The first-order valence-corrected chi connectivity index (χ1v) is 8.29. The second-order valence-electron chi connectivity index (χ2n) is 6.30. The molecule has 1 atom stereocenters. The molecule has 3 rings (SSSR count). The third-order valence-corrected chi connectivity index (χ3v) is 4.25. The summed E-state index contributed by atoms with van der Waals surface area (Å²) in [4.78, 5) is 21.4. The molecule has 9 heteroatoms. The lowest BCUT2D eigenvalue weighted by Gasteiger charge is -2.17. The van der Waals surface area contributed by atoms with Crippen LogP contribution in [0.4, 0.5) is 13.2 Å². The lowest BCUT2D eigenvalue weighted by molar-refractivity contribution is -0.143. The van der Waals surface area contributed by atoms with E-state index in [0.29, 0.717) is 16.4 Å². The highest BCUT2D eigenvalue weighted by molar-refractivity contribution is 6.30. The third-order valence-electron chi connectivity index (χ3n) is 4.00. The quantitative estimate of drug-likeness (QED) is 0.685. The van der Waals surface area contributed by atoms with Crippen LogP contribution in [0, 0.1) is 5.92 Å². The van der Waals surface area contributed by atoms with E-state index in [1.165, 1.54) is 17.8 Å². The molecule has 0 saturated heterocycles. The number of fused-ring (bicyclic) bond motifs is 1. The van der Waals surface area contributed by atoms with E-state index in [1.807, 2.05) is 0 Å². The fourth-order valence-electron chi connectivity index (χ4n) is 2.87. The SMILES string of the molecule is CC(Cc1nc2c(ncn2C)c(=O)n1-c1ccc(Cl)cc1)CC(F)(F)F. The summed E-state index contributed by atoms with van der Waals surface area (Å²) in [6, 6.07) is 6.46. The summed E-state index contributed by atoms with van der Waals surface area (Å²) in [5, 5.41) is 0.487. The Bertz CT molecular complexity index is 992. The molecule has 3 aromatic rings. The van der Waals surface area contributed by atoms with Crippen molar-refractivity contribution >= 4 is 22.8 Å². The molecular weight excluding hydrogens is 369 g/mol. The topological polar surface area (TPSA) is 52.7 Å². The van der Waals surface area contributed by atoms with Gasteiger partial charge in [-0.2, -0.15) is 13.2 Å². The Labute approximate surface area is 152 Å². The lowest BCUT2D eigenvalue weighted by Crippen LogP contribution is -2.26. The van der Waals surface area contributed by atoms with Gasteiger partial charge in [-0.05, 0) is 30.2 Å². The minimum absolute atomic E-state index is 0.00149. The van der Waals surface area contributed by atoms with Gasteiger partial charge in [0.05, 0.1) is 12.0 Å². The molecule has 5 nitrogen and oxygen atoms in total. The molecule has 0 radical (unpaired) electrons. The highest BCUT2D eigenvalue weighted by Crippen LogP contribution is 2.27. The smallest absolute Gasteiger partial charge is 0.318 e. The number of benzene rings is 1. The number of hydrogen-bond acceptors (Lipinski definition) is 3. The molecular formula is C17H16ClF3N4O. The molecule has 0 spiro atoms. The van der Waals surface area contributed by atoms with Gasteiger partial charge in [-0.15, -0.1) is 0 Å². The number of aryl methyl sites for hydroxylation is 1. The van der Waals surface area contributed by atoms with Crippen molar-refractivity contribution in [2.24, 2.45) is 13.0 Å². The highest BCUT2D eigenvalue weighted by atomic mass is 35.5. The van der Waals surface area contributed by atoms with Crippen LogP contribution in [-0.4, -0.2) is 25.3 Å². The molecule has 1 unspecified atom stereocenters. The van der Waals surface area contributed by atoms with Gasteiger partial charge in [0.25, 0.3) is 5.56 Å². The van der Waals surface area contributed by atoms with Crippen molar-refractivity contribution < 1.29 is 13.2 Å². The van der Waals surface area contributed by atoms with Crippen molar-refractivity contribution in [2.75, 3.05) is 0 Å². The molecule has 0 bridgehead atoms. The maximum Gasteiger partial charge on any atom is 0.389 e. The molecule has 2 aromatic heterocycles. The standard InChI is InChI=1S/C17H16ClF3N4O/c1-10(8-17(19,20)21)7-13-23-15-14(22-9-24(15)2)16(26)25(13)12-5-3-11(18)4-6-12/h3-6,9-10H,7-8H2,1-2H3. The fraction of sp³-hybridized carbons (Fsp3) is 0.353. The third kappa shape index (κ3) is 3.75. The van der Waals surface area contributed by atoms with E-state index in [-0.39, 0.29) is 17.8 Å². The Balaban J connectivity index is 2.15. The number of imidazole rings is 1. The van der Waals surface area contributed by atoms with Crippen molar-refractivity contribution in [1.29, 1.82) is 0 Å². The van der Waals surface area contributed by atoms with Gasteiger partial charge < -0.3 is 4.57 Å². The van der Waals surface area contributed by atoms with E-state index >= 15 is 0 Å². The van der Waals surface area contributed by atoms with Crippen LogP contribution in [0.2, 0.25) is 5.02 Å². The molecule has 0 aliphatic heterocycles. The molecule has 0 aliphatic carbocycles. The molecule has 138 valence electrons. The molecule has 0 amide bonds. The summed E-state index contributed by atoms with van der Waals surface area (Å²) in [7, 11) is 1.68. The summed E-state index contributed by atoms with van der Waals surface area (Å²) in [5.74, 6) is -0.476. The zero-order valence-corrected chi connectivity index (χ0v) is 14.8. The van der Waals surface area contributed by atoms with Gasteiger partial charge in [-0.25, -0.2) is 9.97 Å². The van der Waals surface area contributed by atoms with Crippen molar-refractivity contribution in [3.05, 3.63) is 51.8 Å². The Morgan fingerprint density at radius 1 is 1.23 bits per heavy atom. The maximum atomic E-state index is 12.9. The van der Waals surface area contributed by atoms with Crippen LogP contribution in [0.5, 0.6) is 0 Å². The van der Waals surface area contributed by atoms with Gasteiger partial charge in [0.15, 0.2) is 11.2 Å². The molecule has 0 aliphatic rings. The van der Waals surface area contributed by atoms with Gasteiger partial charge in [0, 0.05) is 24.9 Å². The van der Waals surface area contributed by atoms with Crippen molar-refractivity contribution in [3.63, 3.8) is 0 Å². The van der Waals surface area contributed by atoms with Gasteiger partial charge in [-0.1, -0.05) is 18.5 Å². The van der Waals surface area contributed by atoms with E-state index in [0.717, 1.165) is 0 Å².